The molecule has 25 heavy (non-hydrogen) atoms. The lowest BCUT2D eigenvalue weighted by atomic mass is 10.3. The average molecular weight is 374 g/mol. The highest BCUT2D eigenvalue weighted by molar-refractivity contribution is 7.18. The fourth-order valence-corrected chi connectivity index (χ4v) is 4.48. The molecule has 0 aliphatic carbocycles. The quantitative estimate of drug-likeness (QED) is 0.393. The first-order valence-electron chi connectivity index (χ1n) is 8.37. The highest BCUT2D eigenvalue weighted by atomic mass is 32.1. The summed E-state index contributed by atoms with van der Waals surface area (Å²) in [6.07, 6.45) is 2.01. The number of benzene rings is 1. The van der Waals surface area contributed by atoms with Crippen molar-refractivity contribution in [3.63, 3.8) is 0 Å². The van der Waals surface area contributed by atoms with Gasteiger partial charge in [-0.2, -0.15) is 0 Å². The topological polar surface area (TPSA) is 62.2 Å². The maximum absolute atomic E-state index is 4.68. The molecule has 0 amide bonds. The van der Waals surface area contributed by atoms with Crippen molar-refractivity contribution < 1.29 is 0 Å². The minimum absolute atomic E-state index is 0.759. The van der Waals surface area contributed by atoms with Crippen molar-refractivity contribution in [3.8, 4) is 0 Å². The van der Waals surface area contributed by atoms with E-state index >= 15 is 0 Å². The van der Waals surface area contributed by atoms with Crippen LogP contribution in [0.15, 0.2) is 29.3 Å². The summed E-state index contributed by atoms with van der Waals surface area (Å²) in [6, 6.07) is 8.30. The number of rotatable bonds is 6. The average Bonchev–Trinajstić information content (AvgIpc) is 3.16. The molecule has 0 aliphatic heterocycles. The van der Waals surface area contributed by atoms with Crippen molar-refractivity contribution in [2.75, 3.05) is 13.6 Å². The second-order valence-electron chi connectivity index (χ2n) is 5.77. The van der Waals surface area contributed by atoms with Crippen LogP contribution in [0.1, 0.15) is 27.0 Å². The van der Waals surface area contributed by atoms with Gasteiger partial charge in [0.1, 0.15) is 0 Å². The summed E-state index contributed by atoms with van der Waals surface area (Å²) in [4.78, 5) is 14.7. The highest BCUT2D eigenvalue weighted by Gasteiger charge is 2.06. The molecule has 0 spiro atoms. The van der Waals surface area contributed by atoms with Gasteiger partial charge in [0.2, 0.25) is 0 Å². The summed E-state index contributed by atoms with van der Waals surface area (Å²) in [5.74, 6) is 0.828. The van der Waals surface area contributed by atoms with Gasteiger partial charge in [-0.25, -0.2) is 9.97 Å². The van der Waals surface area contributed by atoms with Gasteiger partial charge < -0.3 is 10.6 Å². The van der Waals surface area contributed by atoms with Crippen LogP contribution in [-0.4, -0.2) is 29.5 Å². The number of fused-ring (bicyclic) bond motifs is 1. The van der Waals surface area contributed by atoms with Crippen molar-refractivity contribution >= 4 is 38.8 Å². The lowest BCUT2D eigenvalue weighted by molar-refractivity contribution is 0.741. The number of hydrogen-bond donors (Lipinski definition) is 2. The molecule has 0 bridgehead atoms. The van der Waals surface area contributed by atoms with Crippen molar-refractivity contribution in [2.24, 2.45) is 4.99 Å². The van der Waals surface area contributed by atoms with Crippen LogP contribution >= 0.6 is 22.7 Å². The molecule has 0 saturated heterocycles. The molecule has 3 rings (SSSR count). The number of nitrogens with one attached hydrogen (secondary N) is 2. The number of aliphatic imine (C=N–C) groups is 1. The number of para-hydroxylation sites is 1. The van der Waals surface area contributed by atoms with Crippen LogP contribution in [0.3, 0.4) is 0 Å². The van der Waals surface area contributed by atoms with Gasteiger partial charge in [0.25, 0.3) is 0 Å². The second kappa shape index (κ2) is 8.40. The zero-order chi connectivity index (χ0) is 17.6. The minimum atomic E-state index is 0.759. The van der Waals surface area contributed by atoms with E-state index in [0.717, 1.165) is 48.1 Å². The summed E-state index contributed by atoms with van der Waals surface area (Å²) >= 11 is 3.51. The Labute approximate surface area is 156 Å². The van der Waals surface area contributed by atoms with E-state index in [1.165, 1.54) is 14.6 Å². The van der Waals surface area contributed by atoms with Crippen LogP contribution in [0.25, 0.3) is 10.2 Å². The molecule has 0 radical (unpaired) electrons. The molecule has 2 aromatic heterocycles. The number of nitrogens with zero attached hydrogens (tertiary/aromatic N) is 3. The summed E-state index contributed by atoms with van der Waals surface area (Å²) in [5.41, 5.74) is 2.20. The van der Waals surface area contributed by atoms with Gasteiger partial charge in [0, 0.05) is 24.9 Å². The third kappa shape index (κ3) is 4.76. The summed E-state index contributed by atoms with van der Waals surface area (Å²) in [6.45, 7) is 5.72. The molecular weight excluding hydrogens is 350 g/mol. The third-order valence-corrected chi connectivity index (χ3v) is 6.01. The predicted molar refractivity (Wildman–Crippen MR) is 108 cm³/mol. The molecule has 7 heteroatoms. The predicted octanol–water partition coefficient (Wildman–Crippen LogP) is 3.67. The second-order valence-corrected chi connectivity index (χ2v) is 8.18. The first-order chi connectivity index (χ1) is 12.2. The Morgan fingerprint density at radius 1 is 1.12 bits per heavy atom. The van der Waals surface area contributed by atoms with Gasteiger partial charge in [-0.1, -0.05) is 12.1 Å². The van der Waals surface area contributed by atoms with Crippen LogP contribution < -0.4 is 10.6 Å². The lowest BCUT2D eigenvalue weighted by Crippen LogP contribution is -2.37. The first-order valence-corrected chi connectivity index (χ1v) is 10.0. The Morgan fingerprint density at radius 3 is 2.68 bits per heavy atom. The largest absolute Gasteiger partial charge is 0.356 e. The van der Waals surface area contributed by atoms with Crippen molar-refractivity contribution in [2.45, 2.75) is 33.2 Å². The van der Waals surface area contributed by atoms with Gasteiger partial charge in [0.05, 0.1) is 32.5 Å². The van der Waals surface area contributed by atoms with Crippen molar-refractivity contribution in [3.05, 3.63) is 44.9 Å². The minimum Gasteiger partial charge on any atom is -0.356 e. The van der Waals surface area contributed by atoms with Gasteiger partial charge in [-0.15, -0.1) is 22.7 Å². The molecule has 0 saturated carbocycles. The van der Waals surface area contributed by atoms with Crippen LogP contribution in [0.4, 0.5) is 0 Å². The molecule has 132 valence electrons. The zero-order valence-electron chi connectivity index (χ0n) is 14.8. The van der Waals surface area contributed by atoms with Gasteiger partial charge in [0.15, 0.2) is 5.96 Å². The summed E-state index contributed by atoms with van der Waals surface area (Å²) < 4.78 is 1.26. The molecule has 0 atom stereocenters. The smallest absolute Gasteiger partial charge is 0.191 e. The number of aryl methyl sites for hydroxylation is 3. The lowest BCUT2D eigenvalue weighted by Gasteiger charge is -2.11. The van der Waals surface area contributed by atoms with E-state index in [1.54, 1.807) is 29.7 Å². The Bertz CT molecular complexity index is 832. The normalized spacial score (nSPS) is 11.9. The molecule has 5 nitrogen and oxygen atoms in total. The Hall–Kier alpha value is -1.99. The fourth-order valence-electron chi connectivity index (χ4n) is 2.60. The van der Waals surface area contributed by atoms with E-state index in [0.29, 0.717) is 0 Å². The number of aromatic nitrogens is 2. The fraction of sp³-hybridized carbons (Fsp3) is 0.389. The summed E-state index contributed by atoms with van der Waals surface area (Å²) in [7, 11) is 1.80. The zero-order valence-corrected chi connectivity index (χ0v) is 16.4. The van der Waals surface area contributed by atoms with Gasteiger partial charge >= 0.3 is 0 Å². The Kier molecular flexibility index (Phi) is 5.99. The SMILES string of the molecule is CN=C(NCCCc1nc2ccccc2s1)NCc1sc(C)nc1C. The van der Waals surface area contributed by atoms with E-state index < -0.39 is 0 Å². The standard InChI is InChI=1S/C18H23N5S2/c1-12-16(24-13(2)22-12)11-21-18(19-3)20-10-6-9-17-23-14-7-4-5-8-15(14)25-17/h4-5,7-8H,6,9-11H2,1-3H3,(H2,19,20,21). The molecule has 0 fully saturated rings. The van der Waals surface area contributed by atoms with E-state index in [-0.39, 0.29) is 0 Å². The molecule has 0 unspecified atom stereocenters. The molecule has 0 aliphatic rings. The van der Waals surface area contributed by atoms with E-state index in [4.69, 9.17) is 0 Å². The molecule has 1 aromatic carbocycles. The van der Waals surface area contributed by atoms with Crippen LogP contribution in [0, 0.1) is 13.8 Å². The van der Waals surface area contributed by atoms with Crippen LogP contribution in [0.2, 0.25) is 0 Å². The van der Waals surface area contributed by atoms with Gasteiger partial charge in [-0.3, -0.25) is 4.99 Å². The number of guanidine groups is 1. The Balaban J connectivity index is 1.43. The monoisotopic (exact) mass is 373 g/mol. The first kappa shape index (κ1) is 17.8. The number of thiazole rings is 2. The van der Waals surface area contributed by atoms with Crippen LogP contribution in [-0.2, 0) is 13.0 Å². The van der Waals surface area contributed by atoms with E-state index in [1.807, 2.05) is 13.0 Å². The third-order valence-electron chi connectivity index (χ3n) is 3.84. The van der Waals surface area contributed by atoms with E-state index in [2.05, 4.69) is 50.7 Å². The maximum Gasteiger partial charge on any atom is 0.191 e. The summed E-state index contributed by atoms with van der Waals surface area (Å²) in [5, 5.41) is 9.03. The number of hydrogen-bond acceptors (Lipinski definition) is 5. The molecule has 2 heterocycles. The van der Waals surface area contributed by atoms with E-state index in [9.17, 15) is 0 Å². The Morgan fingerprint density at radius 2 is 1.96 bits per heavy atom. The van der Waals surface area contributed by atoms with Crippen molar-refractivity contribution in [1.29, 1.82) is 0 Å². The molecule has 3 aromatic rings. The highest BCUT2D eigenvalue weighted by Crippen LogP contribution is 2.22. The molecule has 2 N–H and O–H groups in total. The maximum atomic E-state index is 4.68. The van der Waals surface area contributed by atoms with Gasteiger partial charge in [-0.05, 0) is 32.4 Å². The van der Waals surface area contributed by atoms with Crippen LogP contribution in [0.5, 0.6) is 0 Å². The van der Waals surface area contributed by atoms with Crippen molar-refractivity contribution in [1.82, 2.24) is 20.6 Å². The molecular formula is C18H23N5S2.